The molecule has 0 amide bonds. The molecule has 4 rings (SSSR count). The fraction of sp³-hybridized carbons (Fsp3) is 0.500. The van der Waals surface area contributed by atoms with Crippen molar-refractivity contribution in [3.05, 3.63) is 54.2 Å². The zero-order valence-corrected chi connectivity index (χ0v) is 21.4. The average molecular weight is 550 g/mol. The largest absolute Gasteiger partial charge is 0.468 e. The first-order chi connectivity index (χ1) is 15.3. The number of rotatable bonds is 9. The molecule has 3 heterocycles. The minimum Gasteiger partial charge on any atom is -0.468 e. The fourth-order valence-corrected chi connectivity index (χ4v) is 4.36. The number of benzene rings is 1. The van der Waals surface area contributed by atoms with Gasteiger partial charge in [-0.05, 0) is 70.5 Å². The third-order valence-electron chi connectivity index (χ3n) is 5.92. The highest BCUT2D eigenvalue weighted by molar-refractivity contribution is 14.0. The predicted octanol–water partition coefficient (Wildman–Crippen LogP) is 4.34. The molecule has 1 aromatic carbocycles. The van der Waals surface area contributed by atoms with Gasteiger partial charge in [-0.15, -0.1) is 24.0 Å². The van der Waals surface area contributed by atoms with Crippen molar-refractivity contribution in [1.82, 2.24) is 25.1 Å². The summed E-state index contributed by atoms with van der Waals surface area (Å²) in [5.74, 6) is 2.93. The van der Waals surface area contributed by atoms with Crippen LogP contribution in [0.4, 0.5) is 0 Å². The van der Waals surface area contributed by atoms with E-state index < -0.39 is 0 Å². The number of furan rings is 1. The van der Waals surface area contributed by atoms with Crippen LogP contribution in [-0.2, 0) is 6.54 Å². The molecule has 0 radical (unpaired) electrons. The van der Waals surface area contributed by atoms with Crippen LogP contribution in [0.3, 0.4) is 0 Å². The Morgan fingerprint density at radius 1 is 1.16 bits per heavy atom. The number of nitrogens with one attached hydrogen (secondary N) is 2. The smallest absolute Gasteiger partial charge is 0.191 e. The molecule has 0 aliphatic carbocycles. The summed E-state index contributed by atoms with van der Waals surface area (Å²) >= 11 is 0. The van der Waals surface area contributed by atoms with Gasteiger partial charge in [0.25, 0.3) is 0 Å². The van der Waals surface area contributed by atoms with Crippen LogP contribution in [0, 0.1) is 6.92 Å². The van der Waals surface area contributed by atoms with E-state index in [0.717, 1.165) is 62.2 Å². The summed E-state index contributed by atoms with van der Waals surface area (Å²) in [6.07, 6.45) is 5.26. The molecule has 1 aliphatic rings. The molecule has 1 saturated heterocycles. The van der Waals surface area contributed by atoms with E-state index in [2.05, 4.69) is 63.2 Å². The van der Waals surface area contributed by atoms with Crippen LogP contribution in [-0.4, -0.2) is 53.1 Å². The summed E-state index contributed by atoms with van der Waals surface area (Å²) in [6.45, 7) is 9.72. The average Bonchev–Trinajstić information content (AvgIpc) is 3.53. The first kappa shape index (κ1) is 24.6. The number of hydrogen-bond acceptors (Lipinski definition) is 4. The number of hydrogen-bond donors (Lipinski definition) is 2. The van der Waals surface area contributed by atoms with Crippen molar-refractivity contribution in [3.8, 4) is 0 Å². The van der Waals surface area contributed by atoms with Gasteiger partial charge in [0.05, 0.1) is 29.9 Å². The van der Waals surface area contributed by atoms with Gasteiger partial charge in [0, 0.05) is 19.6 Å². The van der Waals surface area contributed by atoms with Crippen molar-refractivity contribution in [2.45, 2.75) is 45.7 Å². The first-order valence-electron chi connectivity index (χ1n) is 11.5. The number of fused-ring (bicyclic) bond motifs is 1. The number of guanidine groups is 1. The molecular weight excluding hydrogens is 515 g/mol. The van der Waals surface area contributed by atoms with E-state index >= 15 is 0 Å². The maximum Gasteiger partial charge on any atom is 0.191 e. The van der Waals surface area contributed by atoms with Crippen molar-refractivity contribution in [2.75, 3.05) is 32.7 Å². The Labute approximate surface area is 207 Å². The number of imidazole rings is 1. The SMILES string of the molecule is CCNC(=NCC(c1ccco1)N1CCCC1)NCCCn1c(C)nc2ccccc21.I. The van der Waals surface area contributed by atoms with Gasteiger partial charge in [0.15, 0.2) is 5.96 Å². The molecule has 1 unspecified atom stereocenters. The Morgan fingerprint density at radius 3 is 2.72 bits per heavy atom. The quantitative estimate of drug-likeness (QED) is 0.180. The predicted molar refractivity (Wildman–Crippen MR) is 141 cm³/mol. The maximum atomic E-state index is 5.73. The van der Waals surface area contributed by atoms with Gasteiger partial charge in [-0.3, -0.25) is 9.89 Å². The van der Waals surface area contributed by atoms with Gasteiger partial charge in [-0.2, -0.15) is 0 Å². The van der Waals surface area contributed by atoms with Gasteiger partial charge in [0.2, 0.25) is 0 Å². The lowest BCUT2D eigenvalue weighted by Crippen LogP contribution is -2.39. The van der Waals surface area contributed by atoms with Gasteiger partial charge >= 0.3 is 0 Å². The molecule has 8 heteroatoms. The van der Waals surface area contributed by atoms with E-state index in [-0.39, 0.29) is 30.0 Å². The van der Waals surface area contributed by atoms with E-state index in [1.54, 1.807) is 6.26 Å². The number of aromatic nitrogens is 2. The zero-order valence-electron chi connectivity index (χ0n) is 19.1. The maximum absolute atomic E-state index is 5.73. The number of aryl methyl sites for hydroxylation is 2. The van der Waals surface area contributed by atoms with Crippen molar-refractivity contribution >= 4 is 41.0 Å². The van der Waals surface area contributed by atoms with Crippen LogP contribution in [0.1, 0.15) is 43.8 Å². The molecule has 1 atom stereocenters. The Hall–Kier alpha value is -2.07. The Bertz CT molecular complexity index is 978. The lowest BCUT2D eigenvalue weighted by molar-refractivity contribution is 0.221. The minimum absolute atomic E-state index is 0. The van der Waals surface area contributed by atoms with Crippen molar-refractivity contribution in [3.63, 3.8) is 0 Å². The van der Waals surface area contributed by atoms with E-state index in [4.69, 9.17) is 9.41 Å². The summed E-state index contributed by atoms with van der Waals surface area (Å²) in [5, 5.41) is 6.88. The molecule has 1 fully saturated rings. The highest BCUT2D eigenvalue weighted by Gasteiger charge is 2.25. The van der Waals surface area contributed by atoms with Crippen LogP contribution < -0.4 is 10.6 Å². The standard InChI is InChI=1S/C24H34N6O.HI/c1-3-25-24(27-18-22(23-12-8-17-31-23)29-14-6-7-15-29)26-13-9-16-30-19(2)28-20-10-4-5-11-21(20)30;/h4-5,8,10-12,17,22H,3,6-7,9,13-16,18H2,1-2H3,(H2,25,26,27);1H. The first-order valence-corrected chi connectivity index (χ1v) is 11.5. The van der Waals surface area contributed by atoms with Crippen molar-refractivity contribution < 1.29 is 4.42 Å². The molecule has 0 spiro atoms. The molecule has 0 saturated carbocycles. The Balaban J connectivity index is 0.00000289. The summed E-state index contributed by atoms with van der Waals surface area (Å²) in [5.41, 5.74) is 2.27. The Kier molecular flexibility index (Phi) is 9.40. The number of likely N-dealkylation sites (tertiary alicyclic amines) is 1. The lowest BCUT2D eigenvalue weighted by Gasteiger charge is -2.24. The zero-order chi connectivity index (χ0) is 21.5. The number of halogens is 1. The highest BCUT2D eigenvalue weighted by atomic mass is 127. The summed E-state index contributed by atoms with van der Waals surface area (Å²) in [4.78, 5) is 12.0. The number of para-hydroxylation sites is 2. The van der Waals surface area contributed by atoms with Crippen LogP contribution in [0.2, 0.25) is 0 Å². The van der Waals surface area contributed by atoms with Crippen molar-refractivity contribution in [2.24, 2.45) is 4.99 Å². The summed E-state index contributed by atoms with van der Waals surface area (Å²) in [6, 6.07) is 12.6. The van der Waals surface area contributed by atoms with E-state index in [9.17, 15) is 0 Å². The highest BCUT2D eigenvalue weighted by Crippen LogP contribution is 2.25. The molecule has 2 N–H and O–H groups in total. The number of nitrogens with zero attached hydrogens (tertiary/aromatic N) is 4. The van der Waals surface area contributed by atoms with Crippen LogP contribution in [0.15, 0.2) is 52.1 Å². The summed E-state index contributed by atoms with van der Waals surface area (Å²) < 4.78 is 8.02. The van der Waals surface area contributed by atoms with Crippen LogP contribution in [0.25, 0.3) is 11.0 Å². The summed E-state index contributed by atoms with van der Waals surface area (Å²) in [7, 11) is 0. The molecule has 7 nitrogen and oxygen atoms in total. The topological polar surface area (TPSA) is 70.6 Å². The molecule has 174 valence electrons. The second-order valence-corrected chi connectivity index (χ2v) is 8.07. The molecule has 0 bridgehead atoms. The number of aliphatic imine (C=N–C) groups is 1. The van der Waals surface area contributed by atoms with E-state index in [1.807, 2.05) is 12.1 Å². The normalized spacial score (nSPS) is 15.6. The monoisotopic (exact) mass is 550 g/mol. The van der Waals surface area contributed by atoms with Gasteiger partial charge in [-0.1, -0.05) is 12.1 Å². The molecule has 32 heavy (non-hydrogen) atoms. The Morgan fingerprint density at radius 2 is 1.97 bits per heavy atom. The van der Waals surface area contributed by atoms with Crippen LogP contribution in [0.5, 0.6) is 0 Å². The second kappa shape index (κ2) is 12.2. The second-order valence-electron chi connectivity index (χ2n) is 8.07. The van der Waals surface area contributed by atoms with Gasteiger partial charge < -0.3 is 19.6 Å². The third kappa shape index (κ3) is 6.04. The third-order valence-corrected chi connectivity index (χ3v) is 5.92. The molecule has 2 aromatic heterocycles. The minimum atomic E-state index is 0. The van der Waals surface area contributed by atoms with E-state index in [1.165, 1.54) is 18.4 Å². The van der Waals surface area contributed by atoms with Gasteiger partial charge in [0.1, 0.15) is 11.6 Å². The van der Waals surface area contributed by atoms with Gasteiger partial charge in [-0.25, -0.2) is 4.98 Å². The van der Waals surface area contributed by atoms with Crippen LogP contribution >= 0.6 is 24.0 Å². The molecular formula is C24H35IN6O. The molecule has 3 aromatic rings. The molecule has 1 aliphatic heterocycles. The van der Waals surface area contributed by atoms with E-state index in [0.29, 0.717) is 6.54 Å². The fourth-order valence-electron chi connectivity index (χ4n) is 4.36. The van der Waals surface area contributed by atoms with Crippen molar-refractivity contribution in [1.29, 1.82) is 0 Å². The lowest BCUT2D eigenvalue weighted by atomic mass is 10.2.